The number of methoxy groups -OCH3 is 1. The lowest BCUT2D eigenvalue weighted by atomic mass is 9.95. The molecule has 0 aliphatic carbocycles. The molecular weight excluding hydrogens is 154 g/mol. The predicted molar refractivity (Wildman–Crippen MR) is 46.8 cm³/mol. The lowest BCUT2D eigenvalue weighted by Crippen LogP contribution is -2.45. The molecule has 0 aromatic heterocycles. The van der Waals surface area contributed by atoms with Gasteiger partial charge in [-0.05, 0) is 25.8 Å². The van der Waals surface area contributed by atoms with Crippen LogP contribution in [0.4, 0.5) is 0 Å². The largest absolute Gasteiger partial charge is 0.468 e. The summed E-state index contributed by atoms with van der Waals surface area (Å²) >= 11 is 0. The van der Waals surface area contributed by atoms with E-state index in [1.54, 1.807) is 0 Å². The molecule has 3 heteroatoms. The molecule has 2 atom stereocenters. The van der Waals surface area contributed by atoms with Gasteiger partial charge in [-0.3, -0.25) is 9.69 Å². The maximum Gasteiger partial charge on any atom is 0.323 e. The van der Waals surface area contributed by atoms with Gasteiger partial charge in [0.1, 0.15) is 6.04 Å². The van der Waals surface area contributed by atoms with Crippen LogP contribution in [-0.2, 0) is 9.53 Å². The van der Waals surface area contributed by atoms with Gasteiger partial charge >= 0.3 is 5.97 Å². The number of rotatable bonds is 1. The van der Waals surface area contributed by atoms with Crippen LogP contribution in [0.5, 0.6) is 0 Å². The van der Waals surface area contributed by atoms with Gasteiger partial charge in [0.2, 0.25) is 0 Å². The molecule has 0 N–H and O–H groups in total. The van der Waals surface area contributed by atoms with Crippen molar-refractivity contribution in [1.82, 2.24) is 4.90 Å². The number of nitrogens with zero attached hydrogens (tertiary/aromatic N) is 1. The summed E-state index contributed by atoms with van der Waals surface area (Å²) in [7, 11) is 3.44. The van der Waals surface area contributed by atoms with Gasteiger partial charge in [0, 0.05) is 6.54 Å². The van der Waals surface area contributed by atoms with Gasteiger partial charge in [-0.15, -0.1) is 0 Å². The summed E-state index contributed by atoms with van der Waals surface area (Å²) < 4.78 is 4.71. The Morgan fingerprint density at radius 2 is 2.17 bits per heavy atom. The first kappa shape index (κ1) is 9.52. The number of piperidine rings is 1. The summed E-state index contributed by atoms with van der Waals surface area (Å²) in [5.74, 6) is 0.611. The maximum absolute atomic E-state index is 11.2. The van der Waals surface area contributed by atoms with Crippen LogP contribution in [-0.4, -0.2) is 37.6 Å². The van der Waals surface area contributed by atoms with Gasteiger partial charge in [0.25, 0.3) is 0 Å². The van der Waals surface area contributed by atoms with Crippen LogP contribution >= 0.6 is 0 Å². The number of carbonyl (C=O) groups excluding carboxylic acids is 1. The van der Waals surface area contributed by atoms with Gasteiger partial charge in [-0.25, -0.2) is 0 Å². The summed E-state index contributed by atoms with van der Waals surface area (Å²) in [5, 5.41) is 0. The Balaban J connectivity index is 2.50. The fourth-order valence-electron chi connectivity index (χ4n) is 1.81. The van der Waals surface area contributed by atoms with Crippen molar-refractivity contribution >= 4 is 5.97 Å². The van der Waals surface area contributed by atoms with Crippen molar-refractivity contribution < 1.29 is 9.53 Å². The number of esters is 1. The van der Waals surface area contributed by atoms with Crippen LogP contribution in [0.1, 0.15) is 19.8 Å². The summed E-state index contributed by atoms with van der Waals surface area (Å²) in [5.41, 5.74) is 0. The average Bonchev–Trinajstić information content (AvgIpc) is 2.03. The molecule has 1 heterocycles. The van der Waals surface area contributed by atoms with E-state index in [4.69, 9.17) is 4.74 Å². The molecule has 0 bridgehead atoms. The van der Waals surface area contributed by atoms with E-state index >= 15 is 0 Å². The molecule has 1 aliphatic rings. The van der Waals surface area contributed by atoms with Crippen LogP contribution in [0, 0.1) is 5.92 Å². The van der Waals surface area contributed by atoms with E-state index < -0.39 is 0 Å². The van der Waals surface area contributed by atoms with E-state index in [0.29, 0.717) is 5.92 Å². The SMILES string of the molecule is COC(=O)[C@@H]1CC[C@H](C)CN1C. The minimum atomic E-state index is -0.0931. The minimum absolute atomic E-state index is 0.00815. The van der Waals surface area contributed by atoms with Crippen molar-refractivity contribution in [3.8, 4) is 0 Å². The lowest BCUT2D eigenvalue weighted by Gasteiger charge is -2.33. The number of hydrogen-bond donors (Lipinski definition) is 0. The van der Waals surface area contributed by atoms with Gasteiger partial charge in [-0.1, -0.05) is 6.92 Å². The third kappa shape index (κ3) is 1.97. The first-order valence-electron chi connectivity index (χ1n) is 4.43. The van der Waals surface area contributed by atoms with Gasteiger partial charge in [-0.2, -0.15) is 0 Å². The second-order valence-electron chi connectivity index (χ2n) is 3.66. The Labute approximate surface area is 73.7 Å². The van der Waals surface area contributed by atoms with Crippen molar-refractivity contribution in [2.24, 2.45) is 5.92 Å². The van der Waals surface area contributed by atoms with E-state index in [0.717, 1.165) is 19.4 Å². The van der Waals surface area contributed by atoms with Gasteiger partial charge in [0.05, 0.1) is 7.11 Å². The minimum Gasteiger partial charge on any atom is -0.468 e. The number of carbonyl (C=O) groups is 1. The van der Waals surface area contributed by atoms with Gasteiger partial charge in [0.15, 0.2) is 0 Å². The highest BCUT2D eigenvalue weighted by molar-refractivity contribution is 5.75. The molecule has 0 saturated carbocycles. The Bertz CT molecular complexity index is 170. The van der Waals surface area contributed by atoms with Crippen molar-refractivity contribution in [3.05, 3.63) is 0 Å². The molecule has 0 spiro atoms. The fraction of sp³-hybridized carbons (Fsp3) is 0.889. The first-order chi connectivity index (χ1) is 5.65. The molecule has 1 fully saturated rings. The molecule has 3 nitrogen and oxygen atoms in total. The summed E-state index contributed by atoms with van der Waals surface area (Å²) in [6, 6.07) is -0.00815. The highest BCUT2D eigenvalue weighted by Gasteiger charge is 2.29. The van der Waals surface area contributed by atoms with Crippen LogP contribution in [0.15, 0.2) is 0 Å². The number of ether oxygens (including phenoxy) is 1. The second kappa shape index (κ2) is 3.90. The summed E-state index contributed by atoms with van der Waals surface area (Å²) in [6.07, 6.45) is 2.06. The van der Waals surface area contributed by atoms with Crippen LogP contribution < -0.4 is 0 Å². The van der Waals surface area contributed by atoms with E-state index in [1.807, 2.05) is 7.05 Å². The highest BCUT2D eigenvalue weighted by Crippen LogP contribution is 2.20. The summed E-state index contributed by atoms with van der Waals surface area (Å²) in [6.45, 7) is 3.21. The molecule has 1 aliphatic heterocycles. The van der Waals surface area contributed by atoms with E-state index in [1.165, 1.54) is 7.11 Å². The van der Waals surface area contributed by atoms with E-state index in [-0.39, 0.29) is 12.0 Å². The standard InChI is InChI=1S/C9H17NO2/c1-7-4-5-8(9(11)12-3)10(2)6-7/h7-8H,4-6H2,1-3H3/t7-,8-/m0/s1. The molecule has 12 heavy (non-hydrogen) atoms. The fourth-order valence-corrected chi connectivity index (χ4v) is 1.81. The molecule has 70 valence electrons. The topological polar surface area (TPSA) is 29.5 Å². The molecular formula is C9H17NO2. The van der Waals surface area contributed by atoms with Crippen molar-refractivity contribution in [1.29, 1.82) is 0 Å². The summed E-state index contributed by atoms with van der Waals surface area (Å²) in [4.78, 5) is 13.3. The number of likely N-dealkylation sites (tertiary alicyclic amines) is 1. The molecule has 0 amide bonds. The number of hydrogen-bond acceptors (Lipinski definition) is 3. The maximum atomic E-state index is 11.2. The molecule has 1 saturated heterocycles. The van der Waals surface area contributed by atoms with E-state index in [9.17, 15) is 4.79 Å². The van der Waals surface area contributed by atoms with Crippen LogP contribution in [0.3, 0.4) is 0 Å². The molecule has 0 unspecified atom stereocenters. The zero-order valence-electron chi connectivity index (χ0n) is 8.04. The van der Waals surface area contributed by atoms with Crippen molar-refractivity contribution in [2.75, 3.05) is 20.7 Å². The first-order valence-corrected chi connectivity index (χ1v) is 4.43. The number of likely N-dealkylation sites (N-methyl/N-ethyl adjacent to an activating group) is 1. The molecule has 0 aromatic rings. The normalized spacial score (nSPS) is 31.6. The third-order valence-corrected chi connectivity index (χ3v) is 2.54. The van der Waals surface area contributed by atoms with Gasteiger partial charge < -0.3 is 4.74 Å². The zero-order chi connectivity index (χ0) is 9.14. The average molecular weight is 171 g/mol. The quantitative estimate of drug-likeness (QED) is 0.549. The molecule has 0 radical (unpaired) electrons. The Morgan fingerprint density at radius 3 is 2.67 bits per heavy atom. The van der Waals surface area contributed by atoms with Crippen molar-refractivity contribution in [2.45, 2.75) is 25.8 Å². The van der Waals surface area contributed by atoms with Crippen molar-refractivity contribution in [3.63, 3.8) is 0 Å². The molecule has 0 aromatic carbocycles. The Morgan fingerprint density at radius 1 is 1.50 bits per heavy atom. The predicted octanol–water partition coefficient (Wildman–Crippen LogP) is 0.890. The Kier molecular flexibility index (Phi) is 3.09. The molecule has 1 rings (SSSR count). The Hall–Kier alpha value is -0.570. The lowest BCUT2D eigenvalue weighted by molar-refractivity contribution is -0.148. The van der Waals surface area contributed by atoms with E-state index in [2.05, 4.69) is 11.8 Å². The monoisotopic (exact) mass is 171 g/mol. The second-order valence-corrected chi connectivity index (χ2v) is 3.66. The third-order valence-electron chi connectivity index (χ3n) is 2.54. The highest BCUT2D eigenvalue weighted by atomic mass is 16.5. The smallest absolute Gasteiger partial charge is 0.323 e. The van der Waals surface area contributed by atoms with Crippen LogP contribution in [0.2, 0.25) is 0 Å². The van der Waals surface area contributed by atoms with Crippen LogP contribution in [0.25, 0.3) is 0 Å². The zero-order valence-corrected chi connectivity index (χ0v) is 8.04.